The summed E-state index contributed by atoms with van der Waals surface area (Å²) < 4.78 is 0. The quantitative estimate of drug-likeness (QED) is 0.789. The van der Waals surface area contributed by atoms with E-state index in [0.717, 1.165) is 42.5 Å². The normalized spacial score (nSPS) is 14.7. The Balaban J connectivity index is 2.34. The number of hydrogen-bond acceptors (Lipinski definition) is 3. The number of rotatable bonds is 3. The Labute approximate surface area is 95.7 Å². The molecule has 1 aliphatic heterocycles. The molecule has 2 rings (SSSR count). The third kappa shape index (κ3) is 1.90. The van der Waals surface area contributed by atoms with Crippen molar-refractivity contribution in [2.24, 2.45) is 0 Å². The third-order valence-corrected chi connectivity index (χ3v) is 3.20. The lowest BCUT2D eigenvalue weighted by molar-refractivity contribution is -0.107. The van der Waals surface area contributed by atoms with E-state index in [-0.39, 0.29) is 0 Å². The minimum absolute atomic E-state index is 0.394. The predicted octanol–water partition coefficient (Wildman–Crippen LogP) is 1.91. The van der Waals surface area contributed by atoms with E-state index >= 15 is 0 Å². The van der Waals surface area contributed by atoms with E-state index in [1.165, 1.54) is 0 Å². The van der Waals surface area contributed by atoms with Crippen molar-refractivity contribution in [3.8, 4) is 5.75 Å². The number of carbonyl (C=O) groups excluding carboxylic acids is 1. The van der Waals surface area contributed by atoms with Gasteiger partial charge in [-0.25, -0.2) is 0 Å². The fourth-order valence-electron chi connectivity index (χ4n) is 2.31. The van der Waals surface area contributed by atoms with Crippen molar-refractivity contribution in [1.29, 1.82) is 0 Å². The fourth-order valence-corrected chi connectivity index (χ4v) is 2.31. The van der Waals surface area contributed by atoms with Gasteiger partial charge in [-0.15, -0.1) is 0 Å². The van der Waals surface area contributed by atoms with Gasteiger partial charge in [-0.1, -0.05) is 6.07 Å². The summed E-state index contributed by atoms with van der Waals surface area (Å²) in [5.74, 6) is 0.394. The highest BCUT2D eigenvalue weighted by atomic mass is 16.3. The van der Waals surface area contributed by atoms with Gasteiger partial charge < -0.3 is 14.8 Å². The second-order valence-corrected chi connectivity index (χ2v) is 4.30. The van der Waals surface area contributed by atoms with Gasteiger partial charge in [-0.3, -0.25) is 0 Å². The molecule has 0 amide bonds. The van der Waals surface area contributed by atoms with Crippen LogP contribution < -0.4 is 4.90 Å². The number of carbonyl (C=O) groups is 1. The van der Waals surface area contributed by atoms with Crippen LogP contribution in [0.25, 0.3) is 0 Å². The second-order valence-electron chi connectivity index (χ2n) is 4.30. The van der Waals surface area contributed by atoms with Crippen molar-refractivity contribution >= 4 is 12.0 Å². The summed E-state index contributed by atoms with van der Waals surface area (Å²) in [5, 5.41) is 10.1. The van der Waals surface area contributed by atoms with Crippen LogP contribution >= 0.6 is 0 Å². The molecule has 0 spiro atoms. The van der Waals surface area contributed by atoms with Gasteiger partial charge in [0.05, 0.1) is 0 Å². The molecule has 0 aliphatic carbocycles. The monoisotopic (exact) mass is 219 g/mol. The lowest BCUT2D eigenvalue weighted by atomic mass is 9.96. The Kier molecular flexibility index (Phi) is 3.13. The number of hydrogen-bond donors (Lipinski definition) is 1. The van der Waals surface area contributed by atoms with Crippen LogP contribution in [-0.2, 0) is 17.6 Å². The summed E-state index contributed by atoms with van der Waals surface area (Å²) in [7, 11) is 2.04. The molecule has 1 aliphatic rings. The lowest BCUT2D eigenvalue weighted by Gasteiger charge is -2.28. The molecule has 0 atom stereocenters. The first kappa shape index (κ1) is 11.0. The van der Waals surface area contributed by atoms with E-state index in [2.05, 4.69) is 4.90 Å². The number of aryl methyl sites for hydroxylation is 1. The van der Waals surface area contributed by atoms with E-state index in [4.69, 9.17) is 0 Å². The van der Waals surface area contributed by atoms with Crippen LogP contribution in [0.15, 0.2) is 12.1 Å². The minimum atomic E-state index is 0.394. The van der Waals surface area contributed by atoms with Gasteiger partial charge in [0.2, 0.25) is 0 Å². The van der Waals surface area contributed by atoms with Gasteiger partial charge in [-0.05, 0) is 30.9 Å². The van der Waals surface area contributed by atoms with Crippen molar-refractivity contribution in [3.63, 3.8) is 0 Å². The summed E-state index contributed by atoms with van der Waals surface area (Å²) in [4.78, 5) is 12.5. The number of phenolic OH excluding ortho intramolecular Hbond substituents is 1. The van der Waals surface area contributed by atoms with Crippen molar-refractivity contribution in [1.82, 2.24) is 0 Å². The Morgan fingerprint density at radius 1 is 1.50 bits per heavy atom. The third-order valence-electron chi connectivity index (χ3n) is 3.20. The summed E-state index contributed by atoms with van der Waals surface area (Å²) >= 11 is 0. The molecular weight excluding hydrogens is 202 g/mol. The molecule has 16 heavy (non-hydrogen) atoms. The van der Waals surface area contributed by atoms with Gasteiger partial charge in [-0.2, -0.15) is 0 Å². The second kappa shape index (κ2) is 4.56. The Morgan fingerprint density at radius 2 is 2.31 bits per heavy atom. The highest BCUT2D eigenvalue weighted by Crippen LogP contribution is 2.35. The number of benzene rings is 1. The Hall–Kier alpha value is -1.51. The summed E-state index contributed by atoms with van der Waals surface area (Å²) in [5.41, 5.74) is 3.05. The number of aldehydes is 1. The van der Waals surface area contributed by atoms with Crippen molar-refractivity contribution < 1.29 is 9.90 Å². The summed E-state index contributed by atoms with van der Waals surface area (Å²) in [6.07, 6.45) is 4.01. The maximum Gasteiger partial charge on any atom is 0.124 e. The molecule has 0 fully saturated rings. The number of anilines is 1. The van der Waals surface area contributed by atoms with Crippen LogP contribution in [0.3, 0.4) is 0 Å². The number of aromatic hydroxyl groups is 1. The van der Waals surface area contributed by atoms with Crippen LogP contribution in [0.5, 0.6) is 5.75 Å². The van der Waals surface area contributed by atoms with Crippen LogP contribution in [0, 0.1) is 0 Å². The molecule has 0 saturated carbocycles. The summed E-state index contributed by atoms with van der Waals surface area (Å²) in [6, 6.07) is 3.98. The standard InChI is InChI=1S/C13H17NO2/c1-14-8-2-5-11-12(14)7-6-10(13(11)16)4-3-9-15/h6-7,9,16H,2-5,8H2,1H3. The van der Waals surface area contributed by atoms with Gasteiger partial charge in [0.25, 0.3) is 0 Å². The molecule has 1 N–H and O–H groups in total. The average molecular weight is 219 g/mol. The van der Waals surface area contributed by atoms with E-state index in [1.807, 2.05) is 19.2 Å². The van der Waals surface area contributed by atoms with Crippen LogP contribution in [0.2, 0.25) is 0 Å². The molecule has 0 radical (unpaired) electrons. The minimum Gasteiger partial charge on any atom is -0.507 e. The van der Waals surface area contributed by atoms with Crippen LogP contribution in [0.1, 0.15) is 24.0 Å². The first-order valence-corrected chi connectivity index (χ1v) is 5.72. The van der Waals surface area contributed by atoms with E-state index in [1.54, 1.807) is 0 Å². The van der Waals surface area contributed by atoms with Gasteiger partial charge >= 0.3 is 0 Å². The molecule has 3 nitrogen and oxygen atoms in total. The molecular formula is C13H17NO2. The Morgan fingerprint density at radius 3 is 3.06 bits per heavy atom. The zero-order valence-corrected chi connectivity index (χ0v) is 9.57. The molecule has 0 unspecified atom stereocenters. The highest BCUT2D eigenvalue weighted by Gasteiger charge is 2.18. The first-order valence-electron chi connectivity index (χ1n) is 5.72. The zero-order chi connectivity index (χ0) is 11.5. The number of phenols is 1. The lowest BCUT2D eigenvalue weighted by Crippen LogP contribution is -2.24. The van der Waals surface area contributed by atoms with Crippen LogP contribution in [0.4, 0.5) is 5.69 Å². The molecule has 0 aromatic heterocycles. The number of nitrogens with zero attached hydrogens (tertiary/aromatic N) is 1. The Bertz CT molecular complexity index is 401. The predicted molar refractivity (Wildman–Crippen MR) is 64.1 cm³/mol. The topological polar surface area (TPSA) is 40.5 Å². The molecule has 3 heteroatoms. The van der Waals surface area contributed by atoms with Gasteiger partial charge in [0.1, 0.15) is 12.0 Å². The maximum absolute atomic E-state index is 10.3. The first-order chi connectivity index (χ1) is 7.74. The number of fused-ring (bicyclic) bond motifs is 1. The van der Waals surface area contributed by atoms with E-state index < -0.39 is 0 Å². The SMILES string of the molecule is CN1CCCc2c1ccc(CCC=O)c2O. The highest BCUT2D eigenvalue weighted by molar-refractivity contribution is 5.63. The fraction of sp³-hybridized carbons (Fsp3) is 0.462. The molecule has 86 valence electrons. The smallest absolute Gasteiger partial charge is 0.124 e. The zero-order valence-electron chi connectivity index (χ0n) is 9.57. The largest absolute Gasteiger partial charge is 0.507 e. The molecule has 1 heterocycles. The van der Waals surface area contributed by atoms with Crippen molar-refractivity contribution in [2.45, 2.75) is 25.7 Å². The summed E-state index contributed by atoms with van der Waals surface area (Å²) in [6.45, 7) is 1.04. The van der Waals surface area contributed by atoms with Crippen molar-refractivity contribution in [2.75, 3.05) is 18.5 Å². The van der Waals surface area contributed by atoms with Gasteiger partial charge in [0, 0.05) is 31.3 Å². The molecule has 1 aromatic carbocycles. The van der Waals surface area contributed by atoms with Crippen LogP contribution in [-0.4, -0.2) is 25.0 Å². The van der Waals surface area contributed by atoms with E-state index in [0.29, 0.717) is 18.6 Å². The average Bonchev–Trinajstić information content (AvgIpc) is 2.29. The van der Waals surface area contributed by atoms with E-state index in [9.17, 15) is 9.90 Å². The molecule has 0 bridgehead atoms. The van der Waals surface area contributed by atoms with Gasteiger partial charge in [0.15, 0.2) is 0 Å². The van der Waals surface area contributed by atoms with Crippen molar-refractivity contribution in [3.05, 3.63) is 23.3 Å². The molecule has 1 aromatic rings. The maximum atomic E-state index is 10.3. The molecule has 0 saturated heterocycles.